The fourth-order valence-corrected chi connectivity index (χ4v) is 3.19. The maximum atomic E-state index is 12.0. The van der Waals surface area contributed by atoms with Crippen molar-refractivity contribution < 1.29 is 8.42 Å². The molecule has 1 rings (SSSR count). The lowest BCUT2D eigenvalue weighted by molar-refractivity contribution is 0.592. The van der Waals surface area contributed by atoms with Gasteiger partial charge in [-0.15, -0.1) is 0 Å². The monoisotopic (exact) mass is 330 g/mol. The van der Waals surface area contributed by atoms with Crippen LogP contribution in [0.4, 0.5) is 5.69 Å². The second-order valence-corrected chi connectivity index (χ2v) is 6.61. The molecule has 0 bridgehead atoms. The molecule has 0 radical (unpaired) electrons. The van der Waals surface area contributed by atoms with Crippen molar-refractivity contribution >= 4 is 31.6 Å². The van der Waals surface area contributed by atoms with Crippen LogP contribution in [0.2, 0.25) is 0 Å². The van der Waals surface area contributed by atoms with E-state index in [2.05, 4.69) is 20.7 Å². The fraction of sp³-hybridized carbons (Fsp3) is 0.417. The lowest BCUT2D eigenvalue weighted by Gasteiger charge is -2.14. The summed E-state index contributed by atoms with van der Waals surface area (Å²) in [5.74, 6) is 0. The number of anilines is 1. The highest BCUT2D eigenvalue weighted by Gasteiger charge is 2.23. The summed E-state index contributed by atoms with van der Waals surface area (Å²) in [5, 5.41) is 7.81. The van der Waals surface area contributed by atoms with Gasteiger partial charge in [-0.25, -0.2) is 8.42 Å². The molecule has 0 aliphatic heterocycles. The first-order valence-electron chi connectivity index (χ1n) is 5.64. The van der Waals surface area contributed by atoms with Crippen molar-refractivity contribution in [1.82, 2.24) is 0 Å². The van der Waals surface area contributed by atoms with Gasteiger partial charge < -0.3 is 0 Å². The lowest BCUT2D eigenvalue weighted by Crippen LogP contribution is -2.26. The highest BCUT2D eigenvalue weighted by atomic mass is 79.9. The van der Waals surface area contributed by atoms with Gasteiger partial charge in [0.25, 0.3) is 0 Å². The molecule has 0 amide bonds. The van der Waals surface area contributed by atoms with Gasteiger partial charge in [-0.1, -0.05) is 29.8 Å². The van der Waals surface area contributed by atoms with Crippen LogP contribution in [-0.2, 0) is 16.4 Å². The molecular weight excluding hydrogens is 316 g/mol. The molecule has 0 aliphatic rings. The number of nitriles is 1. The Bertz CT molecular complexity index is 564. The molecule has 1 unspecified atom stereocenters. The van der Waals surface area contributed by atoms with Crippen molar-refractivity contribution in [2.24, 2.45) is 0 Å². The number of hydrogen-bond acceptors (Lipinski definition) is 3. The SMILES string of the molecule is CCc1cc(Br)ccc1NS(=O)(=O)C(C#N)CC. The molecule has 0 aromatic heterocycles. The second kappa shape index (κ2) is 6.21. The van der Waals surface area contributed by atoms with Crippen LogP contribution in [0.25, 0.3) is 0 Å². The molecule has 18 heavy (non-hydrogen) atoms. The quantitative estimate of drug-likeness (QED) is 0.901. The summed E-state index contributed by atoms with van der Waals surface area (Å²) in [4.78, 5) is 0. The van der Waals surface area contributed by atoms with Gasteiger partial charge in [0.2, 0.25) is 10.0 Å². The minimum absolute atomic E-state index is 0.268. The van der Waals surface area contributed by atoms with Crippen LogP contribution < -0.4 is 4.72 Å². The van der Waals surface area contributed by atoms with Crippen molar-refractivity contribution in [3.63, 3.8) is 0 Å². The van der Waals surface area contributed by atoms with Gasteiger partial charge >= 0.3 is 0 Å². The van der Waals surface area contributed by atoms with E-state index in [-0.39, 0.29) is 6.42 Å². The predicted molar refractivity (Wildman–Crippen MR) is 75.8 cm³/mol. The third-order valence-electron chi connectivity index (χ3n) is 2.59. The smallest absolute Gasteiger partial charge is 0.249 e. The highest BCUT2D eigenvalue weighted by Crippen LogP contribution is 2.23. The first-order valence-corrected chi connectivity index (χ1v) is 7.98. The van der Waals surface area contributed by atoms with Gasteiger partial charge in [0.05, 0.1) is 11.8 Å². The summed E-state index contributed by atoms with van der Waals surface area (Å²) in [6.45, 7) is 3.62. The zero-order valence-electron chi connectivity index (χ0n) is 10.3. The third-order valence-corrected chi connectivity index (χ3v) is 4.78. The average molecular weight is 331 g/mol. The summed E-state index contributed by atoms with van der Waals surface area (Å²) in [6.07, 6.45) is 0.977. The summed E-state index contributed by atoms with van der Waals surface area (Å²) < 4.78 is 27.3. The van der Waals surface area contributed by atoms with E-state index in [1.54, 1.807) is 25.1 Å². The zero-order chi connectivity index (χ0) is 13.8. The number of hydrogen-bond donors (Lipinski definition) is 1. The van der Waals surface area contributed by atoms with Gasteiger partial charge in [-0.2, -0.15) is 5.26 Å². The normalized spacial score (nSPS) is 12.8. The molecule has 1 atom stereocenters. The van der Waals surface area contributed by atoms with E-state index in [1.165, 1.54) is 0 Å². The summed E-state index contributed by atoms with van der Waals surface area (Å²) in [7, 11) is -3.65. The van der Waals surface area contributed by atoms with Gasteiger partial charge in [0, 0.05) is 4.47 Å². The van der Waals surface area contributed by atoms with Gasteiger partial charge in [-0.3, -0.25) is 4.72 Å². The molecule has 4 nitrogen and oxygen atoms in total. The molecule has 1 N–H and O–H groups in total. The number of nitrogens with zero attached hydrogens (tertiary/aromatic N) is 1. The Kier molecular flexibility index (Phi) is 5.17. The molecule has 0 aliphatic carbocycles. The topological polar surface area (TPSA) is 70.0 Å². The Balaban J connectivity index is 3.09. The van der Waals surface area contributed by atoms with Crippen molar-refractivity contribution in [1.29, 1.82) is 5.26 Å². The van der Waals surface area contributed by atoms with Gasteiger partial charge in [-0.05, 0) is 36.6 Å². The Morgan fingerprint density at radius 3 is 2.61 bits per heavy atom. The van der Waals surface area contributed by atoms with Gasteiger partial charge in [0.15, 0.2) is 5.25 Å². The van der Waals surface area contributed by atoms with Crippen LogP contribution in [0.3, 0.4) is 0 Å². The highest BCUT2D eigenvalue weighted by molar-refractivity contribution is 9.10. The molecular formula is C12H15BrN2O2S. The largest absolute Gasteiger partial charge is 0.282 e. The van der Waals surface area contributed by atoms with E-state index in [1.807, 2.05) is 13.0 Å². The first-order chi connectivity index (χ1) is 8.44. The number of aryl methyl sites for hydroxylation is 1. The first kappa shape index (κ1) is 15.0. The number of sulfonamides is 1. The van der Waals surface area contributed by atoms with Crippen molar-refractivity contribution in [2.75, 3.05) is 4.72 Å². The predicted octanol–water partition coefficient (Wildman–Crippen LogP) is 3.06. The van der Waals surface area contributed by atoms with Crippen LogP contribution in [0.15, 0.2) is 22.7 Å². The van der Waals surface area contributed by atoms with Gasteiger partial charge in [0.1, 0.15) is 0 Å². The summed E-state index contributed by atoms with van der Waals surface area (Å²) in [5.41, 5.74) is 1.43. The molecule has 0 saturated heterocycles. The molecule has 0 heterocycles. The molecule has 6 heteroatoms. The number of rotatable bonds is 5. The fourth-order valence-electron chi connectivity index (χ4n) is 1.56. The third kappa shape index (κ3) is 3.47. The Hall–Kier alpha value is -1.06. The van der Waals surface area contributed by atoms with Crippen molar-refractivity contribution in [2.45, 2.75) is 31.9 Å². The van der Waals surface area contributed by atoms with E-state index in [0.717, 1.165) is 10.0 Å². The van der Waals surface area contributed by atoms with E-state index in [0.29, 0.717) is 12.1 Å². The van der Waals surface area contributed by atoms with E-state index >= 15 is 0 Å². The van der Waals surface area contributed by atoms with E-state index < -0.39 is 15.3 Å². The van der Waals surface area contributed by atoms with Crippen LogP contribution in [0.5, 0.6) is 0 Å². The van der Waals surface area contributed by atoms with Crippen molar-refractivity contribution in [3.05, 3.63) is 28.2 Å². The second-order valence-electron chi connectivity index (χ2n) is 3.83. The average Bonchev–Trinajstić information content (AvgIpc) is 2.32. The minimum atomic E-state index is -3.65. The Morgan fingerprint density at radius 1 is 1.44 bits per heavy atom. The lowest BCUT2D eigenvalue weighted by atomic mass is 10.1. The summed E-state index contributed by atoms with van der Waals surface area (Å²) in [6, 6.07) is 7.13. The number of halogens is 1. The van der Waals surface area contributed by atoms with Crippen LogP contribution in [-0.4, -0.2) is 13.7 Å². The number of nitrogens with one attached hydrogen (secondary N) is 1. The van der Waals surface area contributed by atoms with Crippen LogP contribution >= 0.6 is 15.9 Å². The van der Waals surface area contributed by atoms with Crippen LogP contribution in [0.1, 0.15) is 25.8 Å². The molecule has 1 aromatic rings. The van der Waals surface area contributed by atoms with Crippen LogP contribution in [0, 0.1) is 11.3 Å². The molecule has 98 valence electrons. The van der Waals surface area contributed by atoms with E-state index in [4.69, 9.17) is 5.26 Å². The summed E-state index contributed by atoms with van der Waals surface area (Å²) >= 11 is 3.34. The standard InChI is InChI=1S/C12H15BrN2O2S/c1-3-9-7-10(13)5-6-12(9)15-18(16,17)11(4-2)8-14/h5-7,11,15H,3-4H2,1-2H3. The van der Waals surface area contributed by atoms with E-state index in [9.17, 15) is 8.42 Å². The molecule has 1 aromatic carbocycles. The molecule has 0 saturated carbocycles. The molecule has 0 spiro atoms. The Labute approximate surface area is 116 Å². The minimum Gasteiger partial charge on any atom is -0.282 e. The Morgan fingerprint density at radius 2 is 2.11 bits per heavy atom. The zero-order valence-corrected chi connectivity index (χ0v) is 12.7. The maximum absolute atomic E-state index is 12.0. The molecule has 0 fully saturated rings. The number of benzene rings is 1. The maximum Gasteiger partial charge on any atom is 0.249 e. The van der Waals surface area contributed by atoms with Crippen molar-refractivity contribution in [3.8, 4) is 6.07 Å².